The molecule has 1 N–H and O–H groups in total. The molecule has 0 bridgehead atoms. The Morgan fingerprint density at radius 2 is 2.41 bits per heavy atom. The second-order valence-electron chi connectivity index (χ2n) is 4.84. The average Bonchev–Trinajstić information content (AvgIpc) is 2.91. The first-order chi connectivity index (χ1) is 8.31. The van der Waals surface area contributed by atoms with E-state index in [1.807, 2.05) is 6.20 Å². The fourth-order valence-electron chi connectivity index (χ4n) is 2.53. The van der Waals surface area contributed by atoms with E-state index in [2.05, 4.69) is 29.0 Å². The molecule has 1 atom stereocenters. The van der Waals surface area contributed by atoms with Crippen LogP contribution in [0, 0.1) is 5.92 Å². The molecule has 0 aliphatic carbocycles. The highest BCUT2D eigenvalue weighted by Gasteiger charge is 2.21. The summed E-state index contributed by atoms with van der Waals surface area (Å²) in [6.07, 6.45) is 6.12. The van der Waals surface area contributed by atoms with Gasteiger partial charge in [-0.05, 0) is 32.2 Å². The first-order valence-corrected chi connectivity index (χ1v) is 7.54. The molecule has 0 aromatic carbocycles. The second kappa shape index (κ2) is 6.36. The molecule has 1 aromatic rings. The number of nitrogens with zero attached hydrogens (tertiary/aromatic N) is 2. The smallest absolute Gasteiger partial charge is 0.182 e. The van der Waals surface area contributed by atoms with E-state index in [4.69, 9.17) is 0 Å². The van der Waals surface area contributed by atoms with Gasteiger partial charge in [0.1, 0.15) is 0 Å². The van der Waals surface area contributed by atoms with Crippen LogP contribution in [-0.2, 0) is 6.54 Å². The lowest BCUT2D eigenvalue weighted by Gasteiger charge is -2.14. The Morgan fingerprint density at radius 3 is 3.18 bits per heavy atom. The van der Waals surface area contributed by atoms with Crippen molar-refractivity contribution in [3.05, 3.63) is 11.1 Å². The highest BCUT2D eigenvalue weighted by atomic mass is 32.1. The van der Waals surface area contributed by atoms with Crippen LogP contribution in [0.5, 0.6) is 0 Å². The third-order valence-electron chi connectivity index (χ3n) is 3.33. The van der Waals surface area contributed by atoms with Crippen molar-refractivity contribution in [2.75, 3.05) is 25.0 Å². The SMILES string of the molecule is CCCC1CCN(Cc2cnc(NCC)s2)C1. The van der Waals surface area contributed by atoms with Crippen molar-refractivity contribution in [2.24, 2.45) is 5.92 Å². The van der Waals surface area contributed by atoms with Gasteiger partial charge in [-0.3, -0.25) is 4.90 Å². The molecule has 3 nitrogen and oxygen atoms in total. The van der Waals surface area contributed by atoms with Crippen LogP contribution in [0.2, 0.25) is 0 Å². The van der Waals surface area contributed by atoms with Crippen LogP contribution in [0.25, 0.3) is 0 Å². The fraction of sp³-hybridized carbons (Fsp3) is 0.769. The minimum absolute atomic E-state index is 0.932. The van der Waals surface area contributed by atoms with Crippen molar-refractivity contribution in [2.45, 2.75) is 39.7 Å². The van der Waals surface area contributed by atoms with E-state index < -0.39 is 0 Å². The minimum atomic E-state index is 0.932. The van der Waals surface area contributed by atoms with Crippen LogP contribution in [0.4, 0.5) is 5.13 Å². The van der Waals surface area contributed by atoms with Gasteiger partial charge in [-0.1, -0.05) is 13.3 Å². The molecular formula is C13H23N3S. The van der Waals surface area contributed by atoms with Crippen LogP contribution in [0.15, 0.2) is 6.20 Å². The Balaban J connectivity index is 1.80. The summed E-state index contributed by atoms with van der Waals surface area (Å²) in [6.45, 7) is 8.98. The summed E-state index contributed by atoms with van der Waals surface area (Å²) in [4.78, 5) is 8.34. The predicted octanol–water partition coefficient (Wildman–Crippen LogP) is 3.20. The molecule has 17 heavy (non-hydrogen) atoms. The lowest BCUT2D eigenvalue weighted by Crippen LogP contribution is -2.19. The lowest BCUT2D eigenvalue weighted by atomic mass is 10.0. The number of nitrogens with one attached hydrogen (secondary N) is 1. The average molecular weight is 253 g/mol. The topological polar surface area (TPSA) is 28.2 Å². The molecule has 4 heteroatoms. The van der Waals surface area contributed by atoms with E-state index in [9.17, 15) is 0 Å². The molecule has 0 saturated carbocycles. The Labute approximate surface area is 108 Å². The molecule has 0 amide bonds. The van der Waals surface area contributed by atoms with Crippen molar-refractivity contribution < 1.29 is 0 Å². The lowest BCUT2D eigenvalue weighted by molar-refractivity contribution is 0.315. The fourth-order valence-corrected chi connectivity index (χ4v) is 3.46. The Bertz CT molecular complexity index is 337. The summed E-state index contributed by atoms with van der Waals surface area (Å²) in [5.74, 6) is 0.932. The monoisotopic (exact) mass is 253 g/mol. The third kappa shape index (κ3) is 3.68. The van der Waals surface area contributed by atoms with Gasteiger partial charge < -0.3 is 5.32 Å². The van der Waals surface area contributed by atoms with E-state index in [1.54, 1.807) is 11.3 Å². The van der Waals surface area contributed by atoms with Gasteiger partial charge in [0.15, 0.2) is 5.13 Å². The summed E-state index contributed by atoms with van der Waals surface area (Å²) in [5, 5.41) is 4.33. The zero-order valence-electron chi connectivity index (χ0n) is 10.9. The summed E-state index contributed by atoms with van der Waals surface area (Å²) >= 11 is 1.79. The van der Waals surface area contributed by atoms with Gasteiger partial charge in [-0.2, -0.15) is 0 Å². The minimum Gasteiger partial charge on any atom is -0.362 e. The van der Waals surface area contributed by atoms with E-state index in [0.717, 1.165) is 24.1 Å². The maximum absolute atomic E-state index is 4.38. The van der Waals surface area contributed by atoms with Gasteiger partial charge >= 0.3 is 0 Å². The maximum atomic E-state index is 4.38. The van der Waals surface area contributed by atoms with Crippen molar-refractivity contribution >= 4 is 16.5 Å². The standard InChI is InChI=1S/C13H23N3S/c1-3-5-11-6-7-16(9-11)10-12-8-15-13(17-12)14-4-2/h8,11H,3-7,9-10H2,1-2H3,(H,14,15). The molecule has 1 aliphatic rings. The van der Waals surface area contributed by atoms with Gasteiger partial charge in [0.25, 0.3) is 0 Å². The van der Waals surface area contributed by atoms with Gasteiger partial charge in [-0.15, -0.1) is 11.3 Å². The van der Waals surface area contributed by atoms with Gasteiger partial charge in [0, 0.05) is 30.7 Å². The highest BCUT2D eigenvalue weighted by Crippen LogP contribution is 2.25. The van der Waals surface area contributed by atoms with Crippen LogP contribution in [0.3, 0.4) is 0 Å². The van der Waals surface area contributed by atoms with Crippen LogP contribution >= 0.6 is 11.3 Å². The Hall–Kier alpha value is -0.610. The first-order valence-electron chi connectivity index (χ1n) is 6.72. The van der Waals surface area contributed by atoms with Crippen LogP contribution in [-0.4, -0.2) is 29.5 Å². The predicted molar refractivity (Wildman–Crippen MR) is 74.6 cm³/mol. The Kier molecular flexibility index (Phi) is 4.80. The summed E-state index contributed by atoms with van der Waals surface area (Å²) in [7, 11) is 0. The summed E-state index contributed by atoms with van der Waals surface area (Å²) in [5.41, 5.74) is 0. The van der Waals surface area contributed by atoms with E-state index in [1.165, 1.54) is 37.2 Å². The molecule has 0 spiro atoms. The molecule has 1 aromatic heterocycles. The number of aromatic nitrogens is 1. The zero-order chi connectivity index (χ0) is 12.1. The zero-order valence-corrected chi connectivity index (χ0v) is 11.7. The van der Waals surface area contributed by atoms with Crippen molar-refractivity contribution in [3.8, 4) is 0 Å². The number of likely N-dealkylation sites (tertiary alicyclic amines) is 1. The normalized spacial score (nSPS) is 20.9. The molecule has 0 radical (unpaired) electrons. The molecule has 2 heterocycles. The largest absolute Gasteiger partial charge is 0.362 e. The summed E-state index contributed by atoms with van der Waals surface area (Å²) in [6, 6.07) is 0. The van der Waals surface area contributed by atoms with Gasteiger partial charge in [0.05, 0.1) is 0 Å². The van der Waals surface area contributed by atoms with E-state index in [-0.39, 0.29) is 0 Å². The van der Waals surface area contributed by atoms with Crippen molar-refractivity contribution in [3.63, 3.8) is 0 Å². The number of hydrogen-bond donors (Lipinski definition) is 1. The third-order valence-corrected chi connectivity index (χ3v) is 4.27. The van der Waals surface area contributed by atoms with Gasteiger partial charge in [-0.25, -0.2) is 4.98 Å². The molecule has 1 saturated heterocycles. The maximum Gasteiger partial charge on any atom is 0.182 e. The molecule has 96 valence electrons. The quantitative estimate of drug-likeness (QED) is 0.844. The molecule has 1 aliphatic heterocycles. The van der Waals surface area contributed by atoms with E-state index in [0.29, 0.717) is 0 Å². The van der Waals surface area contributed by atoms with Crippen molar-refractivity contribution in [1.29, 1.82) is 0 Å². The molecule has 1 fully saturated rings. The van der Waals surface area contributed by atoms with Gasteiger partial charge in [0.2, 0.25) is 0 Å². The number of thiazole rings is 1. The summed E-state index contributed by atoms with van der Waals surface area (Å²) < 4.78 is 0. The Morgan fingerprint density at radius 1 is 1.53 bits per heavy atom. The van der Waals surface area contributed by atoms with Crippen LogP contribution < -0.4 is 5.32 Å². The number of hydrogen-bond acceptors (Lipinski definition) is 4. The van der Waals surface area contributed by atoms with E-state index >= 15 is 0 Å². The highest BCUT2D eigenvalue weighted by molar-refractivity contribution is 7.15. The van der Waals surface area contributed by atoms with Crippen LogP contribution in [0.1, 0.15) is 38.0 Å². The number of anilines is 1. The number of rotatable bonds is 6. The molecular weight excluding hydrogens is 230 g/mol. The molecule has 2 rings (SSSR count). The first kappa shape index (κ1) is 12.8. The molecule has 1 unspecified atom stereocenters. The second-order valence-corrected chi connectivity index (χ2v) is 5.96. The van der Waals surface area contributed by atoms with Crippen molar-refractivity contribution in [1.82, 2.24) is 9.88 Å².